The minimum absolute atomic E-state index is 0.0686. The van der Waals surface area contributed by atoms with Crippen molar-refractivity contribution >= 4 is 29.6 Å². The molecular weight excluding hydrogens is 428 g/mol. The van der Waals surface area contributed by atoms with Gasteiger partial charge < -0.3 is 48.5 Å². The van der Waals surface area contributed by atoms with Crippen LogP contribution in [0.3, 0.4) is 0 Å². The molecule has 184 valence electrons. The van der Waals surface area contributed by atoms with Gasteiger partial charge in [-0.25, -0.2) is 4.79 Å². The first kappa shape index (κ1) is 29.2. The van der Waals surface area contributed by atoms with Crippen molar-refractivity contribution in [3.8, 4) is 0 Å². The molecule has 12 N–H and O–H groups in total. The Bertz CT molecular complexity index is 672. The summed E-state index contributed by atoms with van der Waals surface area (Å²) in [5.74, 6) is -5.27. The Morgan fingerprint density at radius 1 is 0.844 bits per heavy atom. The standard InChI is InChI=1S/C18H34N6O8/c1-8(25)13(21)16(29)24-14(9(2)26)17(30)23-11(7-12(20)27)15(28)22-10(18(31)32)5-3-4-6-19/h8-11,13-14,25-26H,3-7,19,21H2,1-2H3,(H2,20,27)(H,22,28)(H,23,30)(H,24,29)(H,31,32). The maximum atomic E-state index is 12.6. The molecule has 0 aromatic heterocycles. The Morgan fingerprint density at radius 2 is 1.41 bits per heavy atom. The third-order valence-corrected chi connectivity index (χ3v) is 4.48. The fourth-order valence-corrected chi connectivity index (χ4v) is 2.57. The molecule has 0 radical (unpaired) electrons. The average molecular weight is 463 g/mol. The van der Waals surface area contributed by atoms with Gasteiger partial charge in [-0.1, -0.05) is 0 Å². The lowest BCUT2D eigenvalue weighted by Crippen LogP contribution is -2.61. The van der Waals surface area contributed by atoms with Gasteiger partial charge in [-0.15, -0.1) is 0 Å². The van der Waals surface area contributed by atoms with Gasteiger partial charge in [-0.05, 0) is 39.7 Å². The zero-order chi connectivity index (χ0) is 25.0. The van der Waals surface area contributed by atoms with E-state index in [4.69, 9.17) is 17.2 Å². The fraction of sp³-hybridized carbons (Fsp3) is 0.722. The van der Waals surface area contributed by atoms with Gasteiger partial charge in [0.25, 0.3) is 0 Å². The summed E-state index contributed by atoms with van der Waals surface area (Å²) in [5.41, 5.74) is 16.0. The first-order chi connectivity index (χ1) is 14.8. The highest BCUT2D eigenvalue weighted by molar-refractivity contribution is 5.96. The van der Waals surface area contributed by atoms with Crippen LogP contribution in [0, 0.1) is 0 Å². The molecule has 6 unspecified atom stereocenters. The number of amides is 4. The molecule has 6 atom stereocenters. The second-order valence-electron chi connectivity index (χ2n) is 7.41. The van der Waals surface area contributed by atoms with E-state index < -0.39 is 72.4 Å². The van der Waals surface area contributed by atoms with Crippen LogP contribution in [0.15, 0.2) is 0 Å². The van der Waals surface area contributed by atoms with Gasteiger partial charge >= 0.3 is 5.97 Å². The van der Waals surface area contributed by atoms with E-state index in [2.05, 4.69) is 16.0 Å². The Labute approximate surface area is 185 Å². The summed E-state index contributed by atoms with van der Waals surface area (Å²) in [7, 11) is 0. The average Bonchev–Trinajstić information content (AvgIpc) is 2.68. The van der Waals surface area contributed by atoms with Crippen molar-refractivity contribution in [3.05, 3.63) is 0 Å². The van der Waals surface area contributed by atoms with Crippen LogP contribution in [0.1, 0.15) is 39.5 Å². The van der Waals surface area contributed by atoms with Crippen LogP contribution in [-0.4, -0.2) is 87.8 Å². The lowest BCUT2D eigenvalue weighted by Gasteiger charge is -2.26. The van der Waals surface area contributed by atoms with E-state index in [9.17, 15) is 39.3 Å². The summed E-state index contributed by atoms with van der Waals surface area (Å²) < 4.78 is 0. The van der Waals surface area contributed by atoms with E-state index in [1.54, 1.807) is 0 Å². The molecule has 14 heteroatoms. The third kappa shape index (κ3) is 10.5. The van der Waals surface area contributed by atoms with Crippen LogP contribution in [0.25, 0.3) is 0 Å². The predicted octanol–water partition coefficient (Wildman–Crippen LogP) is -4.38. The summed E-state index contributed by atoms with van der Waals surface area (Å²) in [6.07, 6.45) is -2.33. The number of carboxylic acids is 1. The van der Waals surface area contributed by atoms with Gasteiger partial charge in [0.05, 0.1) is 18.6 Å². The first-order valence-electron chi connectivity index (χ1n) is 10.1. The lowest BCUT2D eigenvalue weighted by molar-refractivity contribution is -0.142. The number of aliphatic hydroxyl groups excluding tert-OH is 2. The summed E-state index contributed by atoms with van der Waals surface area (Å²) in [4.78, 5) is 59.9. The molecule has 4 amide bonds. The molecule has 0 saturated heterocycles. The molecule has 0 spiro atoms. The minimum atomic E-state index is -1.59. The number of nitrogens with one attached hydrogen (secondary N) is 3. The van der Waals surface area contributed by atoms with Gasteiger partial charge in [0.15, 0.2) is 0 Å². The van der Waals surface area contributed by atoms with E-state index >= 15 is 0 Å². The summed E-state index contributed by atoms with van der Waals surface area (Å²) >= 11 is 0. The van der Waals surface area contributed by atoms with E-state index in [1.165, 1.54) is 13.8 Å². The third-order valence-electron chi connectivity index (χ3n) is 4.48. The Kier molecular flexibility index (Phi) is 13.0. The van der Waals surface area contributed by atoms with E-state index in [1.807, 2.05) is 0 Å². The quantitative estimate of drug-likeness (QED) is 0.105. The number of unbranched alkanes of at least 4 members (excludes halogenated alkanes) is 1. The van der Waals surface area contributed by atoms with Crippen molar-refractivity contribution in [2.24, 2.45) is 17.2 Å². The maximum Gasteiger partial charge on any atom is 0.326 e. The molecule has 32 heavy (non-hydrogen) atoms. The molecule has 0 bridgehead atoms. The largest absolute Gasteiger partial charge is 0.480 e. The fourth-order valence-electron chi connectivity index (χ4n) is 2.57. The number of hydrogen-bond acceptors (Lipinski definition) is 9. The predicted molar refractivity (Wildman–Crippen MR) is 111 cm³/mol. The molecular formula is C18H34N6O8. The van der Waals surface area contributed by atoms with Gasteiger partial charge in [0, 0.05) is 0 Å². The SMILES string of the molecule is CC(O)C(N)C(=O)NC(C(=O)NC(CC(N)=O)C(=O)NC(CCCCN)C(=O)O)C(C)O. The Hall–Kier alpha value is -2.81. The normalized spacial score (nSPS) is 16.6. The molecule has 0 rings (SSSR count). The number of nitrogens with two attached hydrogens (primary N) is 3. The second-order valence-corrected chi connectivity index (χ2v) is 7.41. The van der Waals surface area contributed by atoms with Crippen molar-refractivity contribution in [1.82, 2.24) is 16.0 Å². The molecule has 0 aliphatic rings. The number of primary amides is 1. The highest BCUT2D eigenvalue weighted by Crippen LogP contribution is 2.04. The monoisotopic (exact) mass is 462 g/mol. The van der Waals surface area contributed by atoms with Crippen molar-refractivity contribution in [3.63, 3.8) is 0 Å². The topological polar surface area (TPSA) is 260 Å². The summed E-state index contributed by atoms with van der Waals surface area (Å²) in [6.45, 7) is 2.77. The number of carboxylic acid groups (broad SMARTS) is 1. The molecule has 0 heterocycles. The van der Waals surface area contributed by atoms with Crippen LogP contribution < -0.4 is 33.2 Å². The van der Waals surface area contributed by atoms with Crippen molar-refractivity contribution in [2.75, 3.05) is 6.54 Å². The number of hydrogen-bond donors (Lipinski definition) is 9. The van der Waals surface area contributed by atoms with Crippen LogP contribution in [-0.2, 0) is 24.0 Å². The first-order valence-corrected chi connectivity index (χ1v) is 10.1. The van der Waals surface area contributed by atoms with Crippen molar-refractivity contribution in [1.29, 1.82) is 0 Å². The van der Waals surface area contributed by atoms with E-state index in [-0.39, 0.29) is 6.42 Å². The smallest absolute Gasteiger partial charge is 0.326 e. The summed E-state index contributed by atoms with van der Waals surface area (Å²) in [5, 5.41) is 35.1. The molecule has 14 nitrogen and oxygen atoms in total. The number of aliphatic carboxylic acids is 1. The van der Waals surface area contributed by atoms with E-state index in [0.29, 0.717) is 19.4 Å². The number of aliphatic hydroxyl groups is 2. The van der Waals surface area contributed by atoms with Crippen LogP contribution in [0.5, 0.6) is 0 Å². The number of carbonyl (C=O) groups excluding carboxylic acids is 4. The minimum Gasteiger partial charge on any atom is -0.480 e. The highest BCUT2D eigenvalue weighted by Gasteiger charge is 2.33. The van der Waals surface area contributed by atoms with Gasteiger partial charge in [0.2, 0.25) is 23.6 Å². The Morgan fingerprint density at radius 3 is 1.84 bits per heavy atom. The molecule has 0 saturated carbocycles. The molecule has 0 fully saturated rings. The van der Waals surface area contributed by atoms with Gasteiger partial charge in [-0.2, -0.15) is 0 Å². The van der Waals surface area contributed by atoms with Gasteiger partial charge in [0.1, 0.15) is 24.2 Å². The number of rotatable bonds is 15. The zero-order valence-electron chi connectivity index (χ0n) is 18.1. The van der Waals surface area contributed by atoms with Crippen LogP contribution in [0.4, 0.5) is 0 Å². The molecule has 0 aromatic rings. The molecule has 0 aliphatic heterocycles. The molecule has 0 aromatic carbocycles. The Balaban J connectivity index is 5.41. The zero-order valence-corrected chi connectivity index (χ0v) is 18.1. The van der Waals surface area contributed by atoms with Gasteiger partial charge in [-0.3, -0.25) is 19.2 Å². The van der Waals surface area contributed by atoms with Crippen LogP contribution in [0.2, 0.25) is 0 Å². The van der Waals surface area contributed by atoms with Crippen LogP contribution >= 0.6 is 0 Å². The highest BCUT2D eigenvalue weighted by atomic mass is 16.4. The molecule has 0 aliphatic carbocycles. The lowest BCUT2D eigenvalue weighted by atomic mass is 10.1. The second kappa shape index (κ2) is 14.3. The van der Waals surface area contributed by atoms with Crippen molar-refractivity contribution in [2.45, 2.75) is 75.9 Å². The van der Waals surface area contributed by atoms with Crippen molar-refractivity contribution < 1.29 is 39.3 Å². The number of carbonyl (C=O) groups is 5. The van der Waals surface area contributed by atoms with E-state index in [0.717, 1.165) is 0 Å². The maximum absolute atomic E-state index is 12.6. The summed E-state index contributed by atoms with van der Waals surface area (Å²) in [6, 6.07) is -5.84.